The van der Waals surface area contributed by atoms with E-state index in [1.165, 1.54) is 0 Å². The molecule has 222 valence electrons. The third kappa shape index (κ3) is 5.75. The van der Waals surface area contributed by atoms with E-state index in [1.807, 2.05) is 24.3 Å². The molecule has 2 saturated carbocycles. The van der Waals surface area contributed by atoms with E-state index in [0.717, 1.165) is 74.9 Å². The molecule has 40 heavy (non-hydrogen) atoms. The number of allylic oxidation sites excluding steroid dienone is 1. The monoisotopic (exact) mass is 572 g/mol. The average Bonchev–Trinajstić information content (AvgIpc) is 3.60. The number of esters is 1. The third-order valence-electron chi connectivity index (χ3n) is 10.2. The smallest absolute Gasteiger partial charge is 0.317 e. The Labute approximate surface area is 246 Å². The van der Waals surface area contributed by atoms with Gasteiger partial charge in [-0.2, -0.15) is 0 Å². The standard InChI is InChI=1S/C34H49ClO5/c1-6-7-15-39-16-9-8-10-28-24(4)31(35)18-30(28)33(22-36)19-26-17-29(23(2)3)34(33,20-26)32(37)40-21-25-11-13-27(38-5)14-12-25/h11-14,17,22-24,26,28,30-31H,6-10,15-16,18-21H2,1-5H3/t24?,26?,28?,30?,31?,33-,34+/m0/s1. The van der Waals surface area contributed by atoms with Gasteiger partial charge in [-0.1, -0.05) is 64.3 Å². The lowest BCUT2D eigenvalue weighted by Crippen LogP contribution is -2.53. The number of carbonyl (C=O) groups is 2. The van der Waals surface area contributed by atoms with Gasteiger partial charge in [-0.3, -0.25) is 4.79 Å². The summed E-state index contributed by atoms with van der Waals surface area (Å²) in [6, 6.07) is 7.58. The quantitative estimate of drug-likeness (QED) is 0.0706. The number of carbonyl (C=O) groups excluding carboxylic acids is 2. The van der Waals surface area contributed by atoms with E-state index in [2.05, 4.69) is 33.8 Å². The van der Waals surface area contributed by atoms with E-state index >= 15 is 0 Å². The number of alkyl halides is 1. The fourth-order valence-corrected chi connectivity index (χ4v) is 8.57. The molecule has 0 aliphatic heterocycles. The Bertz CT molecular complexity index is 1040. The minimum Gasteiger partial charge on any atom is -0.497 e. The lowest BCUT2D eigenvalue weighted by atomic mass is 9.52. The van der Waals surface area contributed by atoms with Crippen LogP contribution in [-0.4, -0.2) is 38.0 Å². The minimum absolute atomic E-state index is 0.00519. The predicted molar refractivity (Wildman–Crippen MR) is 159 cm³/mol. The number of benzene rings is 1. The van der Waals surface area contributed by atoms with Crippen molar-refractivity contribution in [2.75, 3.05) is 20.3 Å². The molecule has 1 aromatic rings. The van der Waals surface area contributed by atoms with Gasteiger partial charge in [-0.15, -0.1) is 11.6 Å². The Morgan fingerprint density at radius 2 is 1.85 bits per heavy atom. The first-order chi connectivity index (χ1) is 19.2. The van der Waals surface area contributed by atoms with Crippen LogP contribution in [0.3, 0.4) is 0 Å². The molecule has 2 bridgehead atoms. The fourth-order valence-electron chi connectivity index (χ4n) is 8.19. The number of unbranched alkanes of at least 4 members (excludes halogenated alkanes) is 2. The number of rotatable bonds is 15. The van der Waals surface area contributed by atoms with Crippen molar-refractivity contribution in [3.8, 4) is 5.75 Å². The highest BCUT2D eigenvalue weighted by molar-refractivity contribution is 6.21. The zero-order valence-corrected chi connectivity index (χ0v) is 25.9. The van der Waals surface area contributed by atoms with Crippen molar-refractivity contribution in [2.45, 2.75) is 91.0 Å². The molecule has 5 unspecified atom stereocenters. The van der Waals surface area contributed by atoms with Gasteiger partial charge < -0.3 is 19.0 Å². The second-order valence-electron chi connectivity index (χ2n) is 12.8. The van der Waals surface area contributed by atoms with Crippen molar-refractivity contribution < 1.29 is 23.8 Å². The van der Waals surface area contributed by atoms with Gasteiger partial charge in [-0.25, -0.2) is 0 Å². The molecule has 3 aliphatic rings. The minimum atomic E-state index is -0.924. The van der Waals surface area contributed by atoms with Crippen LogP contribution in [0.15, 0.2) is 35.9 Å². The second-order valence-corrected chi connectivity index (χ2v) is 13.3. The van der Waals surface area contributed by atoms with Crippen LogP contribution in [0.4, 0.5) is 0 Å². The third-order valence-corrected chi connectivity index (χ3v) is 10.8. The second kappa shape index (κ2) is 13.4. The molecule has 6 heteroatoms. The Morgan fingerprint density at radius 3 is 2.50 bits per heavy atom. The van der Waals surface area contributed by atoms with Gasteiger partial charge in [0, 0.05) is 24.0 Å². The Morgan fingerprint density at radius 1 is 1.12 bits per heavy atom. The molecule has 2 fully saturated rings. The van der Waals surface area contributed by atoms with E-state index < -0.39 is 10.8 Å². The summed E-state index contributed by atoms with van der Waals surface area (Å²) in [6.07, 6.45) is 10.9. The molecule has 0 radical (unpaired) electrons. The number of ether oxygens (including phenoxy) is 3. The van der Waals surface area contributed by atoms with Gasteiger partial charge in [0.2, 0.25) is 0 Å². The van der Waals surface area contributed by atoms with Crippen LogP contribution in [0.5, 0.6) is 5.75 Å². The number of aldehydes is 1. The summed E-state index contributed by atoms with van der Waals surface area (Å²) >= 11 is 6.96. The number of hydrogen-bond acceptors (Lipinski definition) is 5. The molecular weight excluding hydrogens is 524 g/mol. The van der Waals surface area contributed by atoms with Crippen LogP contribution in [0.2, 0.25) is 0 Å². The topological polar surface area (TPSA) is 61.8 Å². The molecule has 7 atom stereocenters. The highest BCUT2D eigenvalue weighted by atomic mass is 35.5. The molecule has 5 nitrogen and oxygen atoms in total. The molecule has 4 rings (SSSR count). The first kappa shape index (κ1) is 31.1. The SMILES string of the molecule is CCCCOCCCCC1C(C)C(Cl)CC1[C@@]1(C=O)CC2C=C(C(C)C)[C@@]1(C(=O)OCc1ccc(OC)cc1)C2. The first-order valence-electron chi connectivity index (χ1n) is 15.4. The molecule has 0 amide bonds. The van der Waals surface area contributed by atoms with E-state index in [1.54, 1.807) is 7.11 Å². The average molecular weight is 573 g/mol. The molecule has 3 aliphatic carbocycles. The van der Waals surface area contributed by atoms with Crippen molar-refractivity contribution >= 4 is 23.9 Å². The summed E-state index contributed by atoms with van der Waals surface area (Å²) in [5.74, 6) is 1.53. The summed E-state index contributed by atoms with van der Waals surface area (Å²) in [5.41, 5.74) is 0.277. The van der Waals surface area contributed by atoms with Crippen LogP contribution >= 0.6 is 11.6 Å². The Hall–Kier alpha value is -1.85. The highest BCUT2D eigenvalue weighted by Crippen LogP contribution is 2.71. The molecule has 0 spiro atoms. The summed E-state index contributed by atoms with van der Waals surface area (Å²) in [4.78, 5) is 27.8. The van der Waals surface area contributed by atoms with Crippen molar-refractivity contribution in [2.24, 2.45) is 40.4 Å². The van der Waals surface area contributed by atoms with E-state index in [0.29, 0.717) is 24.7 Å². The number of halogens is 1. The molecule has 0 saturated heterocycles. The number of fused-ring (bicyclic) bond motifs is 2. The maximum Gasteiger partial charge on any atom is 0.317 e. The normalized spacial score (nSPS) is 32.9. The van der Waals surface area contributed by atoms with Crippen LogP contribution in [0, 0.1) is 40.4 Å². The molecule has 1 aromatic carbocycles. The van der Waals surface area contributed by atoms with E-state index in [-0.39, 0.29) is 35.7 Å². The fraction of sp³-hybridized carbons (Fsp3) is 0.706. The van der Waals surface area contributed by atoms with Gasteiger partial charge in [-0.05, 0) is 85.8 Å². The molecular formula is C34H49ClO5. The zero-order valence-electron chi connectivity index (χ0n) is 25.1. The summed E-state index contributed by atoms with van der Waals surface area (Å²) in [6.45, 7) is 10.5. The molecule has 0 N–H and O–H groups in total. The van der Waals surface area contributed by atoms with Crippen LogP contribution in [-0.2, 0) is 25.7 Å². The first-order valence-corrected chi connectivity index (χ1v) is 15.9. The van der Waals surface area contributed by atoms with Crippen molar-refractivity contribution in [3.05, 3.63) is 41.5 Å². The predicted octanol–water partition coefficient (Wildman–Crippen LogP) is 7.78. The lowest BCUT2D eigenvalue weighted by molar-refractivity contribution is -0.167. The Kier molecular flexibility index (Phi) is 10.4. The van der Waals surface area contributed by atoms with Crippen molar-refractivity contribution in [3.63, 3.8) is 0 Å². The van der Waals surface area contributed by atoms with Crippen LogP contribution in [0.1, 0.15) is 84.6 Å². The number of hydrogen-bond donors (Lipinski definition) is 0. The van der Waals surface area contributed by atoms with E-state index in [9.17, 15) is 9.59 Å². The van der Waals surface area contributed by atoms with Gasteiger partial charge in [0.1, 0.15) is 24.1 Å². The zero-order chi connectivity index (χ0) is 28.9. The summed E-state index contributed by atoms with van der Waals surface area (Å²) in [5, 5.41) is 0.00519. The van der Waals surface area contributed by atoms with Crippen LogP contribution < -0.4 is 4.74 Å². The molecule has 0 heterocycles. The van der Waals surface area contributed by atoms with Crippen molar-refractivity contribution in [1.82, 2.24) is 0 Å². The summed E-state index contributed by atoms with van der Waals surface area (Å²) in [7, 11) is 1.63. The maximum atomic E-state index is 14.3. The van der Waals surface area contributed by atoms with Gasteiger partial charge in [0.05, 0.1) is 7.11 Å². The highest BCUT2D eigenvalue weighted by Gasteiger charge is 2.72. The van der Waals surface area contributed by atoms with Crippen molar-refractivity contribution in [1.29, 1.82) is 0 Å². The molecule has 0 aromatic heterocycles. The van der Waals surface area contributed by atoms with Crippen LogP contribution in [0.25, 0.3) is 0 Å². The maximum absolute atomic E-state index is 14.3. The van der Waals surface area contributed by atoms with E-state index in [4.69, 9.17) is 25.8 Å². The largest absolute Gasteiger partial charge is 0.497 e. The lowest BCUT2D eigenvalue weighted by Gasteiger charge is -2.49. The van der Waals surface area contributed by atoms with Gasteiger partial charge in [0.25, 0.3) is 0 Å². The van der Waals surface area contributed by atoms with Gasteiger partial charge >= 0.3 is 5.97 Å². The number of methoxy groups -OCH3 is 1. The Balaban J connectivity index is 1.58. The summed E-state index contributed by atoms with van der Waals surface area (Å²) < 4.78 is 17.2. The van der Waals surface area contributed by atoms with Gasteiger partial charge in [0.15, 0.2) is 0 Å².